The predicted molar refractivity (Wildman–Crippen MR) is 67.8 cm³/mol. The molecule has 0 radical (unpaired) electrons. The Hall–Kier alpha value is -0.620. The number of carboxylic acid groups (broad SMARTS) is 1. The second kappa shape index (κ2) is 6.96. The molecule has 2 N–H and O–H groups in total. The summed E-state index contributed by atoms with van der Waals surface area (Å²) >= 11 is 0. The number of rotatable bonds is 8. The Bertz CT molecular complexity index is 335. The second-order valence-corrected chi connectivity index (χ2v) is 7.57. The van der Waals surface area contributed by atoms with Crippen LogP contribution in [0.2, 0.25) is 0 Å². The number of sulfone groups is 1. The third-order valence-electron chi connectivity index (χ3n) is 2.50. The van der Waals surface area contributed by atoms with E-state index in [1.807, 2.05) is 13.8 Å². The summed E-state index contributed by atoms with van der Waals surface area (Å²) in [4.78, 5) is 10.9. The second-order valence-electron chi connectivity index (χ2n) is 4.89. The lowest BCUT2D eigenvalue weighted by molar-refractivity contribution is -0.139. The molecule has 0 spiro atoms. The van der Waals surface area contributed by atoms with Crippen LogP contribution in [0.4, 0.5) is 0 Å². The van der Waals surface area contributed by atoms with Crippen LogP contribution in [0.3, 0.4) is 0 Å². The van der Waals surface area contributed by atoms with E-state index in [9.17, 15) is 13.2 Å². The van der Waals surface area contributed by atoms with E-state index in [0.717, 1.165) is 0 Å². The molecule has 0 rings (SSSR count). The molecule has 0 aliphatic carbocycles. The van der Waals surface area contributed by atoms with Gasteiger partial charge < -0.3 is 10.4 Å². The lowest BCUT2D eigenvalue weighted by Gasteiger charge is -2.16. The molecule has 6 heteroatoms. The van der Waals surface area contributed by atoms with Gasteiger partial charge in [-0.25, -0.2) is 8.42 Å². The van der Waals surface area contributed by atoms with Crippen LogP contribution >= 0.6 is 0 Å². The zero-order valence-electron chi connectivity index (χ0n) is 10.9. The van der Waals surface area contributed by atoms with Crippen LogP contribution in [0, 0.1) is 5.92 Å². The smallest absolute Gasteiger partial charge is 0.320 e. The molecule has 0 aromatic carbocycles. The van der Waals surface area contributed by atoms with Crippen LogP contribution in [0.5, 0.6) is 0 Å². The minimum atomic E-state index is -3.10. The maximum absolute atomic E-state index is 11.5. The van der Waals surface area contributed by atoms with Crippen molar-refractivity contribution < 1.29 is 18.3 Å². The molecule has 0 amide bonds. The molecule has 0 saturated carbocycles. The summed E-state index contributed by atoms with van der Waals surface area (Å²) in [6.45, 7) is 7.30. The van der Waals surface area contributed by atoms with E-state index in [4.69, 9.17) is 5.11 Å². The van der Waals surface area contributed by atoms with Crippen molar-refractivity contribution in [1.82, 2.24) is 5.32 Å². The third kappa shape index (κ3) is 6.63. The molecule has 0 fully saturated rings. The lowest BCUT2D eigenvalue weighted by atomic mass is 10.0. The molecule has 0 saturated heterocycles. The van der Waals surface area contributed by atoms with Gasteiger partial charge in [0.25, 0.3) is 0 Å². The summed E-state index contributed by atoms with van der Waals surface area (Å²) < 4.78 is 23.0. The van der Waals surface area contributed by atoms with Gasteiger partial charge in [0.05, 0.1) is 11.0 Å². The fraction of sp³-hybridized carbons (Fsp3) is 0.909. The van der Waals surface area contributed by atoms with Crippen molar-refractivity contribution in [2.45, 2.75) is 45.4 Å². The SMILES string of the molecule is CC(C)CC(NCCS(=O)(=O)C(C)C)C(=O)O. The number of carbonyl (C=O) groups is 1. The summed E-state index contributed by atoms with van der Waals surface area (Å²) in [5, 5.41) is 11.3. The Kier molecular flexibility index (Phi) is 6.70. The highest BCUT2D eigenvalue weighted by molar-refractivity contribution is 7.92. The van der Waals surface area contributed by atoms with Crippen molar-refractivity contribution in [3.63, 3.8) is 0 Å². The zero-order chi connectivity index (χ0) is 13.6. The van der Waals surface area contributed by atoms with E-state index in [0.29, 0.717) is 6.42 Å². The first-order valence-corrected chi connectivity index (χ1v) is 7.56. The predicted octanol–water partition coefficient (Wildman–Crippen LogP) is 0.899. The summed E-state index contributed by atoms with van der Waals surface area (Å²) in [6, 6.07) is -0.669. The van der Waals surface area contributed by atoms with Crippen LogP contribution in [-0.2, 0) is 14.6 Å². The lowest BCUT2D eigenvalue weighted by Crippen LogP contribution is -2.40. The Labute approximate surface area is 104 Å². The summed E-state index contributed by atoms with van der Waals surface area (Å²) in [5.41, 5.74) is 0. The molecule has 0 aromatic rings. The molecule has 5 nitrogen and oxygen atoms in total. The molecule has 1 unspecified atom stereocenters. The standard InChI is InChI=1S/C11H23NO4S/c1-8(2)7-10(11(13)14)12-5-6-17(15,16)9(3)4/h8-10,12H,5-7H2,1-4H3,(H,13,14). The highest BCUT2D eigenvalue weighted by Crippen LogP contribution is 2.05. The molecular formula is C11H23NO4S. The van der Waals surface area contributed by atoms with Crippen molar-refractivity contribution >= 4 is 15.8 Å². The Morgan fingerprint density at radius 2 is 1.76 bits per heavy atom. The Balaban J connectivity index is 4.20. The van der Waals surface area contributed by atoms with E-state index in [1.54, 1.807) is 13.8 Å². The molecule has 0 heterocycles. The van der Waals surface area contributed by atoms with E-state index in [1.165, 1.54) is 0 Å². The number of carboxylic acids is 1. The first kappa shape index (κ1) is 16.4. The number of nitrogens with one attached hydrogen (secondary N) is 1. The normalized spacial score (nSPS) is 14.2. The van der Waals surface area contributed by atoms with Crippen molar-refractivity contribution in [2.24, 2.45) is 5.92 Å². The van der Waals surface area contributed by atoms with Gasteiger partial charge >= 0.3 is 5.97 Å². The summed E-state index contributed by atoms with van der Waals surface area (Å²) in [7, 11) is -3.10. The minimum absolute atomic E-state index is 0.0213. The fourth-order valence-corrected chi connectivity index (χ4v) is 2.23. The molecule has 0 aliphatic heterocycles. The molecule has 102 valence electrons. The van der Waals surface area contributed by atoms with Crippen LogP contribution in [-0.4, -0.2) is 43.1 Å². The van der Waals surface area contributed by atoms with Crippen LogP contribution in [0.1, 0.15) is 34.1 Å². The van der Waals surface area contributed by atoms with Gasteiger partial charge in [0, 0.05) is 6.54 Å². The van der Waals surface area contributed by atoms with Crippen molar-refractivity contribution in [1.29, 1.82) is 0 Å². The first-order valence-electron chi connectivity index (χ1n) is 5.84. The molecule has 0 aliphatic rings. The highest BCUT2D eigenvalue weighted by atomic mass is 32.2. The van der Waals surface area contributed by atoms with Crippen molar-refractivity contribution in [3.05, 3.63) is 0 Å². The average Bonchev–Trinajstić information content (AvgIpc) is 2.14. The molecular weight excluding hydrogens is 242 g/mol. The molecule has 0 aromatic heterocycles. The maximum Gasteiger partial charge on any atom is 0.320 e. The van der Waals surface area contributed by atoms with Crippen molar-refractivity contribution in [2.75, 3.05) is 12.3 Å². The Morgan fingerprint density at radius 3 is 2.12 bits per heavy atom. The quantitative estimate of drug-likeness (QED) is 0.681. The molecule has 1 atom stereocenters. The van der Waals surface area contributed by atoms with Crippen LogP contribution in [0.15, 0.2) is 0 Å². The van der Waals surface area contributed by atoms with Gasteiger partial charge in [-0.15, -0.1) is 0 Å². The molecule has 17 heavy (non-hydrogen) atoms. The first-order chi connectivity index (χ1) is 7.66. The van der Waals surface area contributed by atoms with E-state index >= 15 is 0 Å². The number of aliphatic carboxylic acids is 1. The van der Waals surface area contributed by atoms with E-state index < -0.39 is 27.1 Å². The van der Waals surface area contributed by atoms with Gasteiger partial charge in [0.15, 0.2) is 9.84 Å². The Morgan fingerprint density at radius 1 is 1.24 bits per heavy atom. The van der Waals surface area contributed by atoms with Crippen LogP contribution in [0.25, 0.3) is 0 Å². The summed E-state index contributed by atoms with van der Waals surface area (Å²) in [5.74, 6) is -0.696. The highest BCUT2D eigenvalue weighted by Gasteiger charge is 2.20. The van der Waals surface area contributed by atoms with Gasteiger partial charge in [-0.1, -0.05) is 13.8 Å². The number of hydrogen-bond donors (Lipinski definition) is 2. The minimum Gasteiger partial charge on any atom is -0.480 e. The van der Waals surface area contributed by atoms with Gasteiger partial charge in [-0.2, -0.15) is 0 Å². The van der Waals surface area contributed by atoms with Crippen LogP contribution < -0.4 is 5.32 Å². The summed E-state index contributed by atoms with van der Waals surface area (Å²) in [6.07, 6.45) is 0.497. The van der Waals surface area contributed by atoms with Gasteiger partial charge in [0.1, 0.15) is 6.04 Å². The monoisotopic (exact) mass is 265 g/mol. The average molecular weight is 265 g/mol. The van der Waals surface area contributed by atoms with Gasteiger partial charge in [-0.05, 0) is 26.2 Å². The van der Waals surface area contributed by atoms with Gasteiger partial charge in [0.2, 0.25) is 0 Å². The molecule has 0 bridgehead atoms. The van der Waals surface area contributed by atoms with E-state index in [2.05, 4.69) is 5.32 Å². The fourth-order valence-electron chi connectivity index (χ4n) is 1.35. The van der Waals surface area contributed by atoms with Gasteiger partial charge in [-0.3, -0.25) is 4.79 Å². The topological polar surface area (TPSA) is 83.5 Å². The number of hydrogen-bond acceptors (Lipinski definition) is 4. The maximum atomic E-state index is 11.5. The van der Waals surface area contributed by atoms with E-state index in [-0.39, 0.29) is 18.2 Å². The third-order valence-corrected chi connectivity index (χ3v) is 4.71. The van der Waals surface area contributed by atoms with Crippen molar-refractivity contribution in [3.8, 4) is 0 Å². The largest absolute Gasteiger partial charge is 0.480 e. The zero-order valence-corrected chi connectivity index (χ0v) is 11.8.